The minimum atomic E-state index is 0.139. The predicted molar refractivity (Wildman–Crippen MR) is 101 cm³/mol. The predicted octanol–water partition coefficient (Wildman–Crippen LogP) is 2.59. The minimum absolute atomic E-state index is 0.139. The molecule has 0 atom stereocenters. The van der Waals surface area contributed by atoms with Crippen LogP contribution in [0.5, 0.6) is 11.5 Å². The van der Waals surface area contributed by atoms with Crippen LogP contribution in [0.3, 0.4) is 0 Å². The quantitative estimate of drug-likeness (QED) is 0.795. The van der Waals surface area contributed by atoms with Crippen molar-refractivity contribution in [1.82, 2.24) is 0 Å². The Balaban J connectivity index is 1.69. The summed E-state index contributed by atoms with van der Waals surface area (Å²) in [5.41, 5.74) is 3.32. The third-order valence-corrected chi connectivity index (χ3v) is 4.86. The number of likely N-dealkylation sites (tertiary alicyclic amines) is 1. The number of nitrogens with one attached hydrogen (secondary N) is 1. The molecule has 0 saturated carbocycles. The summed E-state index contributed by atoms with van der Waals surface area (Å²) in [7, 11) is 1.55. The smallest absolute Gasteiger partial charge is 0.166 e. The zero-order chi connectivity index (χ0) is 17.5. The average Bonchev–Trinajstić information content (AvgIpc) is 2.65. The van der Waals surface area contributed by atoms with Crippen LogP contribution in [0.2, 0.25) is 0 Å². The molecule has 1 saturated heterocycles. The molecule has 2 N–H and O–H groups in total. The molecule has 25 heavy (non-hydrogen) atoms. The number of quaternary nitrogens is 1. The lowest BCUT2D eigenvalue weighted by Crippen LogP contribution is -3.11. The lowest BCUT2D eigenvalue weighted by Gasteiger charge is -2.24. The Hall–Kier alpha value is -2.33. The maximum atomic E-state index is 10.1. The minimum Gasteiger partial charge on any atom is -0.504 e. The van der Waals surface area contributed by atoms with Gasteiger partial charge in [-0.25, -0.2) is 0 Å². The normalized spacial score (nSPS) is 15.6. The Morgan fingerprint density at radius 1 is 1.04 bits per heavy atom. The van der Waals surface area contributed by atoms with Crippen molar-refractivity contribution < 1.29 is 14.7 Å². The van der Waals surface area contributed by atoms with Gasteiger partial charge in [-0.15, -0.1) is 0 Å². The number of nitrogens with zero attached hydrogens (tertiary/aromatic N) is 1. The van der Waals surface area contributed by atoms with Crippen molar-refractivity contribution in [2.75, 3.05) is 20.2 Å². The van der Waals surface area contributed by atoms with E-state index in [4.69, 9.17) is 4.74 Å². The zero-order valence-electron chi connectivity index (χ0n) is 14.9. The molecule has 1 aliphatic rings. The van der Waals surface area contributed by atoms with Gasteiger partial charge in [-0.3, -0.25) is 4.99 Å². The first-order chi connectivity index (χ1) is 12.3. The number of aliphatic imine (C=N–C) groups is 1. The van der Waals surface area contributed by atoms with Crippen molar-refractivity contribution in [1.29, 1.82) is 0 Å². The number of phenolic OH excluding ortho intramolecular Hbond substituents is 1. The number of phenols is 1. The molecule has 4 heteroatoms. The molecule has 0 unspecified atom stereocenters. The fourth-order valence-corrected chi connectivity index (χ4v) is 3.43. The molecule has 0 aliphatic carbocycles. The lowest BCUT2D eigenvalue weighted by molar-refractivity contribution is -0.918. The van der Waals surface area contributed by atoms with E-state index in [0.29, 0.717) is 17.9 Å². The van der Waals surface area contributed by atoms with Gasteiger partial charge in [-0.05, 0) is 37.0 Å². The van der Waals surface area contributed by atoms with Crippen LogP contribution in [0, 0.1) is 0 Å². The van der Waals surface area contributed by atoms with E-state index in [1.54, 1.807) is 24.3 Å². The molecule has 0 radical (unpaired) electrons. The van der Waals surface area contributed by atoms with Gasteiger partial charge in [0.05, 0.1) is 26.7 Å². The highest BCUT2D eigenvalue weighted by atomic mass is 16.5. The van der Waals surface area contributed by atoms with E-state index < -0.39 is 0 Å². The molecule has 2 aromatic rings. The molecule has 0 spiro atoms. The largest absolute Gasteiger partial charge is 0.504 e. The van der Waals surface area contributed by atoms with Gasteiger partial charge in [0.2, 0.25) is 0 Å². The molecule has 1 aliphatic heterocycles. The fourth-order valence-electron chi connectivity index (χ4n) is 3.43. The second kappa shape index (κ2) is 8.67. The number of rotatable bonds is 6. The number of benzene rings is 2. The van der Waals surface area contributed by atoms with Crippen molar-refractivity contribution in [2.45, 2.75) is 32.4 Å². The van der Waals surface area contributed by atoms with Gasteiger partial charge >= 0.3 is 0 Å². The monoisotopic (exact) mass is 339 g/mol. The van der Waals surface area contributed by atoms with Crippen LogP contribution >= 0.6 is 0 Å². The SMILES string of the molecule is COc1cccc(C=NCc2ccccc2C[NH+]2CCCCC2)c1O. The van der Waals surface area contributed by atoms with Gasteiger partial charge in [0.25, 0.3) is 0 Å². The molecular weight excluding hydrogens is 312 g/mol. The molecule has 0 aromatic heterocycles. The van der Waals surface area contributed by atoms with Crippen molar-refractivity contribution in [3.8, 4) is 11.5 Å². The molecule has 3 rings (SSSR count). The molecule has 132 valence electrons. The van der Waals surface area contributed by atoms with Crippen LogP contribution in [-0.4, -0.2) is 31.5 Å². The van der Waals surface area contributed by atoms with E-state index >= 15 is 0 Å². The van der Waals surface area contributed by atoms with E-state index in [1.807, 2.05) is 12.1 Å². The number of aromatic hydroxyl groups is 1. The molecule has 2 aromatic carbocycles. The summed E-state index contributed by atoms with van der Waals surface area (Å²) < 4.78 is 5.14. The highest BCUT2D eigenvalue weighted by molar-refractivity contribution is 5.84. The van der Waals surface area contributed by atoms with Crippen LogP contribution < -0.4 is 9.64 Å². The summed E-state index contributed by atoms with van der Waals surface area (Å²) in [5, 5.41) is 10.1. The fraction of sp³-hybridized carbons (Fsp3) is 0.381. The van der Waals surface area contributed by atoms with Crippen LogP contribution in [-0.2, 0) is 13.1 Å². The van der Waals surface area contributed by atoms with Crippen molar-refractivity contribution in [2.24, 2.45) is 4.99 Å². The van der Waals surface area contributed by atoms with Crippen LogP contribution in [0.25, 0.3) is 0 Å². The third-order valence-electron chi connectivity index (χ3n) is 4.86. The van der Waals surface area contributed by atoms with E-state index in [-0.39, 0.29) is 5.75 Å². The Bertz CT molecular complexity index is 722. The maximum Gasteiger partial charge on any atom is 0.166 e. The summed E-state index contributed by atoms with van der Waals surface area (Å²) in [5.74, 6) is 0.609. The van der Waals surface area contributed by atoms with Crippen molar-refractivity contribution >= 4 is 6.21 Å². The first-order valence-electron chi connectivity index (χ1n) is 9.04. The van der Waals surface area contributed by atoms with E-state index in [9.17, 15) is 5.11 Å². The first-order valence-corrected chi connectivity index (χ1v) is 9.04. The highest BCUT2D eigenvalue weighted by Crippen LogP contribution is 2.28. The summed E-state index contributed by atoms with van der Waals surface area (Å²) in [6.07, 6.45) is 5.78. The molecular formula is C21H27N2O2+. The van der Waals surface area contributed by atoms with Crippen LogP contribution in [0.1, 0.15) is 36.0 Å². The number of hydrogen-bond acceptors (Lipinski definition) is 3. The average molecular weight is 339 g/mol. The number of piperidine rings is 1. The zero-order valence-corrected chi connectivity index (χ0v) is 14.9. The van der Waals surface area contributed by atoms with Gasteiger partial charge in [0.15, 0.2) is 11.5 Å². The highest BCUT2D eigenvalue weighted by Gasteiger charge is 2.15. The number of ether oxygens (including phenoxy) is 1. The Morgan fingerprint density at radius 2 is 1.80 bits per heavy atom. The molecule has 4 nitrogen and oxygen atoms in total. The second-order valence-corrected chi connectivity index (χ2v) is 6.62. The van der Waals surface area contributed by atoms with Gasteiger partial charge in [0, 0.05) is 17.3 Å². The lowest BCUT2D eigenvalue weighted by atomic mass is 10.1. The molecule has 1 heterocycles. The van der Waals surface area contributed by atoms with Crippen molar-refractivity contribution in [3.63, 3.8) is 0 Å². The third kappa shape index (κ3) is 4.60. The van der Waals surface area contributed by atoms with Gasteiger partial charge in [-0.2, -0.15) is 0 Å². The van der Waals surface area contributed by atoms with Gasteiger partial charge in [-0.1, -0.05) is 30.3 Å². The Morgan fingerprint density at radius 3 is 2.56 bits per heavy atom. The topological polar surface area (TPSA) is 46.3 Å². The van der Waals surface area contributed by atoms with Crippen LogP contribution in [0.15, 0.2) is 47.5 Å². The number of methoxy groups -OCH3 is 1. The molecule has 1 fully saturated rings. The molecule has 0 amide bonds. The van der Waals surface area contributed by atoms with Gasteiger partial charge in [0.1, 0.15) is 6.54 Å². The van der Waals surface area contributed by atoms with E-state index in [0.717, 1.165) is 6.54 Å². The molecule has 0 bridgehead atoms. The van der Waals surface area contributed by atoms with Crippen LogP contribution in [0.4, 0.5) is 0 Å². The summed E-state index contributed by atoms with van der Waals surface area (Å²) in [4.78, 5) is 6.23. The summed E-state index contributed by atoms with van der Waals surface area (Å²) >= 11 is 0. The van der Waals surface area contributed by atoms with Gasteiger partial charge < -0.3 is 14.7 Å². The summed E-state index contributed by atoms with van der Waals surface area (Å²) in [6.45, 7) is 4.25. The van der Waals surface area contributed by atoms with E-state index in [2.05, 4.69) is 29.3 Å². The van der Waals surface area contributed by atoms with E-state index in [1.165, 1.54) is 43.5 Å². The second-order valence-electron chi connectivity index (χ2n) is 6.62. The summed E-state index contributed by atoms with van der Waals surface area (Å²) in [6, 6.07) is 14.0. The first kappa shape index (κ1) is 17.5. The Kier molecular flexibility index (Phi) is 6.07. The standard InChI is InChI=1S/C21H26N2O2/c1-25-20-11-7-10-18(21(20)24)15-22-14-17-8-3-4-9-19(17)16-23-12-5-2-6-13-23/h3-4,7-11,15,24H,2,5-6,12-14,16H2,1H3/p+1. The number of para-hydroxylation sites is 1. The maximum absolute atomic E-state index is 10.1. The van der Waals surface area contributed by atoms with Crippen molar-refractivity contribution in [3.05, 3.63) is 59.2 Å². The Labute approximate surface area is 149 Å². The number of hydrogen-bond donors (Lipinski definition) is 2.